The van der Waals surface area contributed by atoms with Crippen LogP contribution in [0.2, 0.25) is 0 Å². The van der Waals surface area contributed by atoms with E-state index in [0.29, 0.717) is 0 Å². The summed E-state index contributed by atoms with van der Waals surface area (Å²) in [6.45, 7) is 11.0. The first kappa shape index (κ1) is 25.6. The Labute approximate surface area is 180 Å². The minimum atomic E-state index is -0.461. The quantitative estimate of drug-likeness (QED) is 0.682. The zero-order valence-electron chi connectivity index (χ0n) is 19.1. The third-order valence-electron chi connectivity index (χ3n) is 4.67. The third-order valence-corrected chi connectivity index (χ3v) is 4.67. The standard InChI is InChI=1S/2C11H18N2O2/c2*1-11(2,3)15-10(14)13-9-5-4-8(6-9)7-12/h2*8-9H,4-6H2,1-3H3,(H,13,14)/t2*8-,9-/m10/s1. The van der Waals surface area contributed by atoms with Crippen molar-refractivity contribution < 1.29 is 19.1 Å². The fourth-order valence-electron chi connectivity index (χ4n) is 3.41. The number of rotatable bonds is 2. The second-order valence-electron chi connectivity index (χ2n) is 9.96. The van der Waals surface area contributed by atoms with Crippen molar-refractivity contribution in [1.82, 2.24) is 10.6 Å². The number of nitriles is 2. The molecule has 2 saturated carbocycles. The summed E-state index contributed by atoms with van der Waals surface area (Å²) in [6.07, 6.45) is 4.21. The third kappa shape index (κ3) is 10.9. The first-order valence-corrected chi connectivity index (χ1v) is 10.6. The number of carbonyl (C=O) groups is 2. The van der Waals surface area contributed by atoms with Gasteiger partial charge in [-0.2, -0.15) is 10.5 Å². The van der Waals surface area contributed by atoms with Crippen molar-refractivity contribution in [3.05, 3.63) is 0 Å². The highest BCUT2D eigenvalue weighted by Crippen LogP contribution is 2.25. The zero-order valence-corrected chi connectivity index (χ0v) is 19.1. The summed E-state index contributed by atoms with van der Waals surface area (Å²) in [5, 5.41) is 23.0. The molecule has 30 heavy (non-hydrogen) atoms. The molecule has 2 fully saturated rings. The highest BCUT2D eigenvalue weighted by atomic mass is 16.6. The molecule has 0 aliphatic heterocycles. The summed E-state index contributed by atoms with van der Waals surface area (Å²) in [5.74, 6) is 0.176. The zero-order chi connectivity index (χ0) is 22.9. The lowest BCUT2D eigenvalue weighted by atomic mass is 10.1. The van der Waals surface area contributed by atoms with Gasteiger partial charge in [0.05, 0.1) is 12.1 Å². The van der Waals surface area contributed by atoms with Crippen LogP contribution in [0.3, 0.4) is 0 Å². The van der Waals surface area contributed by atoms with Gasteiger partial charge in [-0.3, -0.25) is 0 Å². The van der Waals surface area contributed by atoms with Crippen molar-refractivity contribution in [2.24, 2.45) is 11.8 Å². The monoisotopic (exact) mass is 420 g/mol. The number of amides is 2. The van der Waals surface area contributed by atoms with Crippen LogP contribution >= 0.6 is 0 Å². The Bertz CT molecular complexity index is 609. The topological polar surface area (TPSA) is 124 Å². The van der Waals surface area contributed by atoms with Crippen LogP contribution in [0.5, 0.6) is 0 Å². The first-order chi connectivity index (χ1) is 13.8. The molecule has 2 amide bonds. The van der Waals surface area contributed by atoms with Crippen LogP contribution in [0, 0.1) is 34.5 Å². The van der Waals surface area contributed by atoms with Gasteiger partial charge in [0.15, 0.2) is 0 Å². The van der Waals surface area contributed by atoms with Crippen LogP contribution in [0.4, 0.5) is 9.59 Å². The number of hydrogen-bond donors (Lipinski definition) is 2. The Hall–Kier alpha value is -2.48. The van der Waals surface area contributed by atoms with Crippen molar-refractivity contribution in [2.75, 3.05) is 0 Å². The minimum Gasteiger partial charge on any atom is -0.444 e. The largest absolute Gasteiger partial charge is 0.444 e. The van der Waals surface area contributed by atoms with Crippen molar-refractivity contribution in [3.63, 3.8) is 0 Å². The van der Waals surface area contributed by atoms with E-state index < -0.39 is 11.2 Å². The van der Waals surface area contributed by atoms with Crippen molar-refractivity contribution in [1.29, 1.82) is 10.5 Å². The van der Waals surface area contributed by atoms with E-state index in [0.717, 1.165) is 38.5 Å². The number of alkyl carbamates (subject to hydrolysis) is 2. The molecule has 0 bridgehead atoms. The van der Waals surface area contributed by atoms with Crippen molar-refractivity contribution in [2.45, 2.75) is 103 Å². The van der Waals surface area contributed by atoms with E-state index in [1.54, 1.807) is 0 Å². The predicted octanol–water partition coefficient (Wildman–Crippen LogP) is 4.41. The highest BCUT2D eigenvalue weighted by molar-refractivity contribution is 5.68. The lowest BCUT2D eigenvalue weighted by Crippen LogP contribution is -2.37. The molecule has 0 radical (unpaired) electrons. The molecule has 0 spiro atoms. The minimum absolute atomic E-state index is 0.0879. The lowest BCUT2D eigenvalue weighted by molar-refractivity contribution is 0.0493. The fourth-order valence-corrected chi connectivity index (χ4v) is 3.41. The molecular weight excluding hydrogens is 384 g/mol. The van der Waals surface area contributed by atoms with Crippen LogP contribution in [-0.2, 0) is 9.47 Å². The number of ether oxygens (including phenoxy) is 2. The fraction of sp³-hybridized carbons (Fsp3) is 0.818. The smallest absolute Gasteiger partial charge is 0.407 e. The van der Waals surface area contributed by atoms with Gasteiger partial charge >= 0.3 is 12.2 Å². The van der Waals surface area contributed by atoms with E-state index in [9.17, 15) is 9.59 Å². The summed E-state index contributed by atoms with van der Waals surface area (Å²) in [5.41, 5.74) is -0.922. The summed E-state index contributed by atoms with van der Waals surface area (Å²) in [4.78, 5) is 22.8. The molecule has 0 aromatic rings. The molecule has 168 valence electrons. The SMILES string of the molecule is CC(C)(C)OC(=O)N[C@@H]1CC[C@@H](C#N)C1.CC(C)(C)OC(=O)N[C@H]1CC[C@H](C#N)C1. The number of carbonyl (C=O) groups excluding carboxylic acids is 2. The second-order valence-corrected chi connectivity index (χ2v) is 9.96. The van der Waals surface area contributed by atoms with Gasteiger partial charge in [-0.15, -0.1) is 0 Å². The molecule has 8 nitrogen and oxygen atoms in total. The first-order valence-electron chi connectivity index (χ1n) is 10.6. The average Bonchev–Trinajstić information content (AvgIpc) is 3.20. The molecule has 2 N–H and O–H groups in total. The highest BCUT2D eigenvalue weighted by Gasteiger charge is 2.28. The second kappa shape index (κ2) is 11.1. The molecule has 8 heteroatoms. The Balaban J connectivity index is 0.000000300. The molecule has 2 rings (SSSR count). The molecule has 2 aliphatic rings. The molecule has 2 aliphatic carbocycles. The molecule has 0 unspecified atom stereocenters. The number of nitrogens with zero attached hydrogens (tertiary/aromatic N) is 2. The van der Waals surface area contributed by atoms with Gasteiger partial charge < -0.3 is 20.1 Å². The summed E-state index contributed by atoms with van der Waals surface area (Å²) >= 11 is 0. The van der Waals surface area contributed by atoms with Crippen LogP contribution in [0.15, 0.2) is 0 Å². The van der Waals surface area contributed by atoms with Gasteiger partial charge in [0.2, 0.25) is 0 Å². The Morgan fingerprint density at radius 1 is 0.733 bits per heavy atom. The lowest BCUT2D eigenvalue weighted by Gasteiger charge is -2.21. The van der Waals surface area contributed by atoms with Gasteiger partial charge in [0.25, 0.3) is 0 Å². The molecular formula is C22H36N4O4. The van der Waals surface area contributed by atoms with Crippen molar-refractivity contribution >= 4 is 12.2 Å². The van der Waals surface area contributed by atoms with E-state index in [4.69, 9.17) is 20.0 Å². The molecule has 0 aromatic carbocycles. The molecule has 0 saturated heterocycles. The van der Waals surface area contributed by atoms with Crippen LogP contribution < -0.4 is 10.6 Å². The normalized spacial score (nSPS) is 25.7. The molecule has 0 heterocycles. The summed E-state index contributed by atoms with van der Waals surface area (Å²) in [6, 6.07) is 4.65. The van der Waals surface area contributed by atoms with Gasteiger partial charge in [0.1, 0.15) is 11.2 Å². The number of hydrogen-bond acceptors (Lipinski definition) is 6. The maximum Gasteiger partial charge on any atom is 0.407 e. The maximum atomic E-state index is 11.4. The van der Waals surface area contributed by atoms with E-state index in [1.165, 1.54) is 0 Å². The van der Waals surface area contributed by atoms with Crippen LogP contribution in [0.1, 0.15) is 80.1 Å². The van der Waals surface area contributed by atoms with Crippen LogP contribution in [-0.4, -0.2) is 35.5 Å². The maximum absolute atomic E-state index is 11.4. The van der Waals surface area contributed by atoms with Gasteiger partial charge in [-0.1, -0.05) is 0 Å². The molecule has 0 aromatic heterocycles. The van der Waals surface area contributed by atoms with E-state index in [-0.39, 0.29) is 36.1 Å². The summed E-state index contributed by atoms with van der Waals surface area (Å²) < 4.78 is 10.3. The van der Waals surface area contributed by atoms with Gasteiger partial charge in [-0.25, -0.2) is 9.59 Å². The van der Waals surface area contributed by atoms with Crippen molar-refractivity contribution in [3.8, 4) is 12.1 Å². The Morgan fingerprint density at radius 2 is 1.07 bits per heavy atom. The summed E-state index contributed by atoms with van der Waals surface area (Å²) in [7, 11) is 0. The average molecular weight is 421 g/mol. The van der Waals surface area contributed by atoms with E-state index in [1.807, 2.05) is 41.5 Å². The Morgan fingerprint density at radius 3 is 1.30 bits per heavy atom. The predicted molar refractivity (Wildman–Crippen MR) is 112 cm³/mol. The van der Waals surface area contributed by atoms with E-state index >= 15 is 0 Å². The molecule has 4 atom stereocenters. The van der Waals surface area contributed by atoms with Gasteiger partial charge in [0, 0.05) is 23.9 Å². The van der Waals surface area contributed by atoms with Crippen LogP contribution in [0.25, 0.3) is 0 Å². The van der Waals surface area contributed by atoms with E-state index in [2.05, 4.69) is 22.8 Å². The number of nitrogens with one attached hydrogen (secondary N) is 2. The van der Waals surface area contributed by atoms with Gasteiger partial charge in [-0.05, 0) is 80.1 Å². The Kier molecular flexibility index (Phi) is 9.42.